The predicted molar refractivity (Wildman–Crippen MR) is 89.7 cm³/mol. The van der Waals surface area contributed by atoms with E-state index in [0.717, 1.165) is 5.56 Å². The summed E-state index contributed by atoms with van der Waals surface area (Å²) < 4.78 is 4.97. The highest BCUT2D eigenvalue weighted by molar-refractivity contribution is 6.36. The van der Waals surface area contributed by atoms with Gasteiger partial charge in [0.05, 0.1) is 16.6 Å². The van der Waals surface area contributed by atoms with Crippen LogP contribution >= 0.6 is 23.2 Å². The van der Waals surface area contributed by atoms with Crippen LogP contribution in [0.15, 0.2) is 48.5 Å². The number of hydrogen-bond donors (Lipinski definition) is 1. The summed E-state index contributed by atoms with van der Waals surface area (Å²) in [6, 6.07) is 13.7. The molecule has 0 fully saturated rings. The molecule has 4 nitrogen and oxygen atoms in total. The second-order valence-electron chi connectivity index (χ2n) is 4.90. The minimum absolute atomic E-state index is 0.167. The molecular weight excluding hydrogens is 337 g/mol. The third-order valence-corrected chi connectivity index (χ3v) is 3.71. The number of rotatable bonds is 5. The summed E-state index contributed by atoms with van der Waals surface area (Å²) in [6.45, 7) is 1.47. The fourth-order valence-corrected chi connectivity index (χ4v) is 2.46. The summed E-state index contributed by atoms with van der Waals surface area (Å²) in [4.78, 5) is 23.8. The van der Waals surface area contributed by atoms with Gasteiger partial charge in [-0.1, -0.05) is 53.5 Å². The molecule has 0 spiro atoms. The molecule has 0 aromatic heterocycles. The van der Waals surface area contributed by atoms with Crippen LogP contribution in [0.5, 0.6) is 0 Å². The van der Waals surface area contributed by atoms with E-state index in [1.54, 1.807) is 0 Å². The first-order valence-corrected chi connectivity index (χ1v) is 7.69. The first kappa shape index (κ1) is 17.3. The number of carbonyl (C=O) groups excluding carboxylic acids is 2. The van der Waals surface area contributed by atoms with Crippen molar-refractivity contribution in [3.8, 4) is 0 Å². The lowest BCUT2D eigenvalue weighted by atomic mass is 10.1. The van der Waals surface area contributed by atoms with Crippen molar-refractivity contribution in [3.63, 3.8) is 0 Å². The molecule has 6 heteroatoms. The van der Waals surface area contributed by atoms with Gasteiger partial charge < -0.3 is 10.1 Å². The van der Waals surface area contributed by atoms with E-state index in [1.165, 1.54) is 18.2 Å². The molecule has 2 aromatic carbocycles. The average molecular weight is 352 g/mol. The molecule has 0 bridgehead atoms. The SMILES string of the molecule is C[C@H](NC(=O)COC(=O)c1ccc(Cl)cc1Cl)c1ccccc1. The fraction of sp³-hybridized carbons (Fsp3) is 0.176. The second-order valence-corrected chi connectivity index (χ2v) is 5.74. The number of carbonyl (C=O) groups is 2. The molecule has 0 heterocycles. The molecule has 0 aliphatic rings. The van der Waals surface area contributed by atoms with E-state index in [4.69, 9.17) is 27.9 Å². The van der Waals surface area contributed by atoms with Crippen LogP contribution in [0.25, 0.3) is 0 Å². The number of halogens is 2. The van der Waals surface area contributed by atoms with E-state index < -0.39 is 5.97 Å². The second kappa shape index (κ2) is 7.99. The van der Waals surface area contributed by atoms with E-state index >= 15 is 0 Å². The Labute approximate surface area is 144 Å². The van der Waals surface area contributed by atoms with Gasteiger partial charge in [-0.2, -0.15) is 0 Å². The van der Waals surface area contributed by atoms with Crippen LogP contribution in [0, 0.1) is 0 Å². The normalized spacial score (nSPS) is 11.6. The van der Waals surface area contributed by atoms with Gasteiger partial charge in [0.25, 0.3) is 5.91 Å². The molecule has 1 atom stereocenters. The van der Waals surface area contributed by atoms with Crippen molar-refractivity contribution >= 4 is 35.1 Å². The molecule has 2 aromatic rings. The Kier molecular flexibility index (Phi) is 6.02. The standard InChI is InChI=1S/C17H15Cl2NO3/c1-11(12-5-3-2-4-6-12)20-16(21)10-23-17(22)14-8-7-13(18)9-15(14)19/h2-9,11H,10H2,1H3,(H,20,21)/t11-/m0/s1. The monoisotopic (exact) mass is 351 g/mol. The van der Waals surface area contributed by atoms with Crippen LogP contribution in [0.4, 0.5) is 0 Å². The number of hydrogen-bond acceptors (Lipinski definition) is 3. The van der Waals surface area contributed by atoms with Crippen molar-refractivity contribution in [1.82, 2.24) is 5.32 Å². The van der Waals surface area contributed by atoms with E-state index in [-0.39, 0.29) is 29.1 Å². The average Bonchev–Trinajstić information content (AvgIpc) is 2.53. The molecule has 0 unspecified atom stereocenters. The Balaban J connectivity index is 1.88. The molecule has 2 rings (SSSR count). The van der Waals surface area contributed by atoms with Crippen LogP contribution < -0.4 is 5.32 Å². The van der Waals surface area contributed by atoms with Gasteiger partial charge in [-0.3, -0.25) is 4.79 Å². The highest BCUT2D eigenvalue weighted by Crippen LogP contribution is 2.21. The lowest BCUT2D eigenvalue weighted by Gasteiger charge is -2.14. The van der Waals surface area contributed by atoms with Crippen molar-refractivity contribution in [2.75, 3.05) is 6.61 Å². The number of nitrogens with one attached hydrogen (secondary N) is 1. The Morgan fingerprint density at radius 1 is 1.13 bits per heavy atom. The molecule has 0 saturated heterocycles. The molecule has 1 amide bonds. The minimum Gasteiger partial charge on any atom is -0.452 e. The lowest BCUT2D eigenvalue weighted by molar-refractivity contribution is -0.124. The van der Waals surface area contributed by atoms with E-state index in [1.807, 2.05) is 37.3 Å². The molecule has 120 valence electrons. The molecule has 0 saturated carbocycles. The maximum absolute atomic E-state index is 11.9. The molecule has 0 aliphatic carbocycles. The van der Waals surface area contributed by atoms with Crippen LogP contribution in [0.3, 0.4) is 0 Å². The Bertz CT molecular complexity index is 704. The van der Waals surface area contributed by atoms with E-state index in [9.17, 15) is 9.59 Å². The molecule has 1 N–H and O–H groups in total. The zero-order chi connectivity index (χ0) is 16.8. The van der Waals surface area contributed by atoms with Gasteiger partial charge in [0.1, 0.15) is 0 Å². The van der Waals surface area contributed by atoms with Gasteiger partial charge in [0.15, 0.2) is 6.61 Å². The van der Waals surface area contributed by atoms with Crippen LogP contribution in [-0.2, 0) is 9.53 Å². The maximum atomic E-state index is 11.9. The summed E-state index contributed by atoms with van der Waals surface area (Å²) in [7, 11) is 0. The number of ether oxygens (including phenoxy) is 1. The summed E-state index contributed by atoms with van der Waals surface area (Å²) in [6.07, 6.45) is 0. The van der Waals surface area contributed by atoms with E-state index in [0.29, 0.717) is 5.02 Å². The Hall–Kier alpha value is -2.04. The highest BCUT2D eigenvalue weighted by Gasteiger charge is 2.15. The summed E-state index contributed by atoms with van der Waals surface area (Å²) in [5.74, 6) is -1.06. The third-order valence-electron chi connectivity index (χ3n) is 3.16. The van der Waals surface area contributed by atoms with E-state index in [2.05, 4.69) is 5.32 Å². The van der Waals surface area contributed by atoms with Crippen molar-refractivity contribution in [2.45, 2.75) is 13.0 Å². The Morgan fingerprint density at radius 3 is 2.48 bits per heavy atom. The van der Waals surface area contributed by atoms with Crippen LogP contribution in [0.1, 0.15) is 28.9 Å². The molecule has 0 aliphatic heterocycles. The van der Waals surface area contributed by atoms with Gasteiger partial charge in [-0.25, -0.2) is 4.79 Å². The topological polar surface area (TPSA) is 55.4 Å². The first-order chi connectivity index (χ1) is 11.0. The van der Waals surface area contributed by atoms with Crippen molar-refractivity contribution < 1.29 is 14.3 Å². The summed E-state index contributed by atoms with van der Waals surface area (Å²) >= 11 is 11.7. The van der Waals surface area contributed by atoms with Gasteiger partial charge in [0.2, 0.25) is 0 Å². The quantitative estimate of drug-likeness (QED) is 0.827. The van der Waals surface area contributed by atoms with Crippen LogP contribution in [-0.4, -0.2) is 18.5 Å². The van der Waals surface area contributed by atoms with Gasteiger partial charge in [0, 0.05) is 5.02 Å². The van der Waals surface area contributed by atoms with Gasteiger partial charge >= 0.3 is 5.97 Å². The largest absolute Gasteiger partial charge is 0.452 e. The van der Waals surface area contributed by atoms with Crippen molar-refractivity contribution in [1.29, 1.82) is 0 Å². The smallest absolute Gasteiger partial charge is 0.340 e. The minimum atomic E-state index is -0.672. The molecule has 0 radical (unpaired) electrons. The van der Waals surface area contributed by atoms with Crippen molar-refractivity contribution in [2.24, 2.45) is 0 Å². The lowest BCUT2D eigenvalue weighted by Crippen LogP contribution is -2.31. The third kappa shape index (κ3) is 4.98. The van der Waals surface area contributed by atoms with Crippen molar-refractivity contribution in [3.05, 3.63) is 69.7 Å². The highest BCUT2D eigenvalue weighted by atomic mass is 35.5. The number of amides is 1. The molecular formula is C17H15Cl2NO3. The predicted octanol–water partition coefficient (Wildman–Crippen LogP) is 4.03. The zero-order valence-electron chi connectivity index (χ0n) is 12.4. The first-order valence-electron chi connectivity index (χ1n) is 6.94. The Morgan fingerprint density at radius 2 is 1.83 bits per heavy atom. The summed E-state index contributed by atoms with van der Waals surface area (Å²) in [5, 5.41) is 3.36. The fourth-order valence-electron chi connectivity index (χ4n) is 1.97. The van der Waals surface area contributed by atoms with Gasteiger partial charge in [-0.15, -0.1) is 0 Å². The summed E-state index contributed by atoms with van der Waals surface area (Å²) in [5.41, 5.74) is 1.13. The van der Waals surface area contributed by atoms with Crippen LogP contribution in [0.2, 0.25) is 10.0 Å². The number of benzene rings is 2. The van der Waals surface area contributed by atoms with Gasteiger partial charge in [-0.05, 0) is 30.7 Å². The zero-order valence-corrected chi connectivity index (χ0v) is 13.9. The molecule has 23 heavy (non-hydrogen) atoms. The maximum Gasteiger partial charge on any atom is 0.340 e. The number of esters is 1.